The van der Waals surface area contributed by atoms with Crippen molar-refractivity contribution in [1.82, 2.24) is 9.97 Å². The molecule has 0 spiro atoms. The zero-order valence-corrected chi connectivity index (χ0v) is 12.8. The molecule has 2 aromatic heterocycles. The van der Waals surface area contributed by atoms with Gasteiger partial charge in [-0.25, -0.2) is 9.97 Å². The normalized spacial score (nSPS) is 10.3. The van der Waals surface area contributed by atoms with Crippen LogP contribution < -0.4 is 5.32 Å². The summed E-state index contributed by atoms with van der Waals surface area (Å²) >= 11 is 13.6. The van der Waals surface area contributed by atoms with Crippen molar-refractivity contribution in [2.45, 2.75) is 0 Å². The van der Waals surface area contributed by atoms with Gasteiger partial charge in [-0.15, -0.1) is 11.3 Å². The Morgan fingerprint density at radius 1 is 1.47 bits per heavy atom. The number of rotatable bonds is 2. The van der Waals surface area contributed by atoms with Crippen LogP contribution >= 0.6 is 54.8 Å². The minimum Gasteiger partial charge on any atom is -0.306 e. The second-order valence-electron chi connectivity index (χ2n) is 2.90. The van der Waals surface area contributed by atoms with Crippen molar-refractivity contribution in [2.75, 3.05) is 5.32 Å². The zero-order chi connectivity index (χ0) is 12.4. The van der Waals surface area contributed by atoms with E-state index in [1.807, 2.05) is 0 Å². The second-order valence-corrected chi connectivity index (χ2v) is 6.46. The van der Waals surface area contributed by atoms with Gasteiger partial charge in [-0.3, -0.25) is 4.79 Å². The van der Waals surface area contributed by atoms with E-state index in [0.717, 1.165) is 8.26 Å². The van der Waals surface area contributed by atoms with Crippen molar-refractivity contribution in [3.8, 4) is 0 Å². The molecule has 0 atom stereocenters. The average Bonchev–Trinajstić information content (AvgIpc) is 2.59. The van der Waals surface area contributed by atoms with Crippen LogP contribution in [0.1, 0.15) is 9.67 Å². The van der Waals surface area contributed by atoms with E-state index in [0.29, 0.717) is 10.7 Å². The number of nitrogens with zero attached hydrogens (tertiary/aromatic N) is 2. The van der Waals surface area contributed by atoms with Gasteiger partial charge in [0.1, 0.15) is 5.82 Å². The van der Waals surface area contributed by atoms with Crippen LogP contribution in [0.25, 0.3) is 0 Å². The number of hydrogen-bond acceptors (Lipinski definition) is 4. The van der Waals surface area contributed by atoms with Crippen LogP contribution in [0.15, 0.2) is 26.6 Å². The lowest BCUT2D eigenvalue weighted by molar-refractivity contribution is 0.103. The van der Waals surface area contributed by atoms with Gasteiger partial charge >= 0.3 is 0 Å². The summed E-state index contributed by atoms with van der Waals surface area (Å²) in [5.41, 5.74) is 0. The first-order chi connectivity index (χ1) is 8.06. The van der Waals surface area contributed by atoms with E-state index in [4.69, 9.17) is 11.6 Å². The molecule has 1 amide bonds. The van der Waals surface area contributed by atoms with Gasteiger partial charge in [0.2, 0.25) is 5.28 Å². The number of carbonyl (C=O) groups excluding carboxylic acids is 1. The molecular weight excluding hydrogens is 393 g/mol. The van der Waals surface area contributed by atoms with Crippen LogP contribution in [-0.4, -0.2) is 15.9 Å². The number of anilines is 1. The quantitative estimate of drug-likeness (QED) is 0.781. The lowest BCUT2D eigenvalue weighted by atomic mass is 10.4. The molecule has 0 aliphatic carbocycles. The summed E-state index contributed by atoms with van der Waals surface area (Å²) in [6.07, 6.45) is 1.48. The molecule has 0 unspecified atom stereocenters. The summed E-state index contributed by atoms with van der Waals surface area (Å²) in [5, 5.41) is 2.73. The second kappa shape index (κ2) is 5.43. The number of hydrogen-bond donors (Lipinski definition) is 1. The van der Waals surface area contributed by atoms with E-state index in [-0.39, 0.29) is 11.2 Å². The molecule has 0 radical (unpaired) electrons. The molecule has 2 heterocycles. The van der Waals surface area contributed by atoms with Gasteiger partial charge in [0.25, 0.3) is 5.91 Å². The van der Waals surface area contributed by atoms with Gasteiger partial charge in [0.05, 0.1) is 8.66 Å². The highest BCUT2D eigenvalue weighted by molar-refractivity contribution is 9.13. The van der Waals surface area contributed by atoms with Gasteiger partial charge in [-0.2, -0.15) is 0 Å². The van der Waals surface area contributed by atoms with Gasteiger partial charge in [-0.05, 0) is 55.6 Å². The zero-order valence-electron chi connectivity index (χ0n) is 8.08. The molecule has 0 aromatic carbocycles. The van der Waals surface area contributed by atoms with E-state index >= 15 is 0 Å². The minimum atomic E-state index is -0.240. The molecular formula is C9H4Br2ClN3OS. The lowest BCUT2D eigenvalue weighted by Gasteiger charge is -2.01. The predicted molar refractivity (Wildman–Crippen MR) is 74.7 cm³/mol. The molecule has 17 heavy (non-hydrogen) atoms. The Morgan fingerprint density at radius 3 is 2.82 bits per heavy atom. The molecule has 8 heteroatoms. The SMILES string of the molecule is O=C(Nc1ccnc(Cl)n1)c1cc(Br)c(Br)s1. The number of thiophene rings is 1. The van der Waals surface area contributed by atoms with Crippen LogP contribution in [0, 0.1) is 0 Å². The van der Waals surface area contributed by atoms with E-state index in [1.165, 1.54) is 17.5 Å². The molecule has 1 N–H and O–H groups in total. The largest absolute Gasteiger partial charge is 0.306 e. The Morgan fingerprint density at radius 2 is 2.24 bits per heavy atom. The lowest BCUT2D eigenvalue weighted by Crippen LogP contribution is -2.11. The molecule has 0 saturated heterocycles. The minimum absolute atomic E-state index is 0.0938. The van der Waals surface area contributed by atoms with Gasteiger partial charge in [0, 0.05) is 10.7 Å². The fourth-order valence-electron chi connectivity index (χ4n) is 1.04. The molecule has 0 saturated carbocycles. The first kappa shape index (κ1) is 12.9. The van der Waals surface area contributed by atoms with Crippen molar-refractivity contribution >= 4 is 66.5 Å². The van der Waals surface area contributed by atoms with Crippen molar-refractivity contribution in [1.29, 1.82) is 0 Å². The maximum absolute atomic E-state index is 11.8. The Kier molecular flexibility index (Phi) is 4.13. The standard InChI is InChI=1S/C9H4Br2ClN3OS/c10-4-3-5(17-7(4)11)8(16)14-6-1-2-13-9(12)15-6/h1-3H,(H,13,14,15,16). The summed E-state index contributed by atoms with van der Waals surface area (Å²) in [6.45, 7) is 0. The number of carbonyl (C=O) groups is 1. The Balaban J connectivity index is 2.17. The Hall–Kier alpha value is -0.500. The third-order valence-corrected chi connectivity index (χ3v) is 5.17. The van der Waals surface area contributed by atoms with Crippen molar-refractivity contribution in [2.24, 2.45) is 0 Å². The molecule has 0 bridgehead atoms. The van der Waals surface area contributed by atoms with Crippen LogP contribution in [-0.2, 0) is 0 Å². The molecule has 4 nitrogen and oxygen atoms in total. The Labute approximate surface area is 123 Å². The molecule has 88 valence electrons. The van der Waals surface area contributed by atoms with E-state index in [1.54, 1.807) is 12.1 Å². The van der Waals surface area contributed by atoms with E-state index < -0.39 is 0 Å². The van der Waals surface area contributed by atoms with Crippen LogP contribution in [0.4, 0.5) is 5.82 Å². The van der Waals surface area contributed by atoms with Crippen LogP contribution in [0.2, 0.25) is 5.28 Å². The third-order valence-electron chi connectivity index (χ3n) is 1.74. The number of amides is 1. The van der Waals surface area contributed by atoms with Gasteiger partial charge < -0.3 is 5.32 Å². The first-order valence-electron chi connectivity index (χ1n) is 4.31. The van der Waals surface area contributed by atoms with Crippen molar-refractivity contribution < 1.29 is 4.79 Å². The van der Waals surface area contributed by atoms with Crippen molar-refractivity contribution in [3.63, 3.8) is 0 Å². The maximum atomic E-state index is 11.8. The average molecular weight is 397 g/mol. The fraction of sp³-hybridized carbons (Fsp3) is 0. The highest BCUT2D eigenvalue weighted by atomic mass is 79.9. The summed E-state index contributed by atoms with van der Waals surface area (Å²) in [4.78, 5) is 20.0. The fourth-order valence-corrected chi connectivity index (χ4v) is 3.12. The van der Waals surface area contributed by atoms with Gasteiger partial charge in [0.15, 0.2) is 0 Å². The maximum Gasteiger partial charge on any atom is 0.266 e. The van der Waals surface area contributed by atoms with Crippen LogP contribution in [0.5, 0.6) is 0 Å². The monoisotopic (exact) mass is 395 g/mol. The third kappa shape index (κ3) is 3.25. The van der Waals surface area contributed by atoms with E-state index in [2.05, 4.69) is 47.1 Å². The topological polar surface area (TPSA) is 54.9 Å². The summed E-state index contributed by atoms with van der Waals surface area (Å²) in [5.74, 6) is 0.131. The first-order valence-corrected chi connectivity index (χ1v) is 7.09. The van der Waals surface area contributed by atoms with Crippen molar-refractivity contribution in [3.05, 3.63) is 36.7 Å². The molecule has 2 rings (SSSR count). The molecule has 0 aliphatic rings. The predicted octanol–water partition coefficient (Wildman–Crippen LogP) is 3.97. The highest BCUT2D eigenvalue weighted by Crippen LogP contribution is 2.32. The molecule has 0 aliphatic heterocycles. The molecule has 0 fully saturated rings. The summed E-state index contributed by atoms with van der Waals surface area (Å²) in [7, 11) is 0. The number of halogens is 3. The number of aromatic nitrogens is 2. The smallest absolute Gasteiger partial charge is 0.266 e. The summed E-state index contributed by atoms with van der Waals surface area (Å²) < 4.78 is 1.71. The molecule has 2 aromatic rings. The highest BCUT2D eigenvalue weighted by Gasteiger charge is 2.12. The summed E-state index contributed by atoms with van der Waals surface area (Å²) in [6, 6.07) is 3.30. The van der Waals surface area contributed by atoms with Crippen LogP contribution in [0.3, 0.4) is 0 Å². The van der Waals surface area contributed by atoms with Gasteiger partial charge in [-0.1, -0.05) is 0 Å². The number of nitrogens with one attached hydrogen (secondary N) is 1. The van der Waals surface area contributed by atoms with E-state index in [9.17, 15) is 4.79 Å². The Bertz CT molecular complexity index is 556.